The fraction of sp³-hybridized carbons (Fsp3) is 0.280. The molecule has 2 aromatic carbocycles. The maximum atomic E-state index is 13.7. The quantitative estimate of drug-likeness (QED) is 0.413. The number of hydrogen-bond donors (Lipinski definition) is 1. The van der Waals surface area contributed by atoms with Gasteiger partial charge in [0.05, 0.1) is 17.6 Å². The van der Waals surface area contributed by atoms with Gasteiger partial charge in [-0.15, -0.1) is 0 Å². The summed E-state index contributed by atoms with van der Waals surface area (Å²) in [7, 11) is 0. The summed E-state index contributed by atoms with van der Waals surface area (Å²) in [6.45, 7) is 3.70. The summed E-state index contributed by atoms with van der Waals surface area (Å²) in [6.07, 6.45) is -2.63. The van der Waals surface area contributed by atoms with Crippen molar-refractivity contribution in [2.24, 2.45) is 4.99 Å². The first-order chi connectivity index (χ1) is 16.5. The van der Waals surface area contributed by atoms with E-state index >= 15 is 0 Å². The molecule has 2 aliphatic rings. The van der Waals surface area contributed by atoms with Crippen molar-refractivity contribution in [2.45, 2.75) is 44.4 Å². The second-order valence-electron chi connectivity index (χ2n) is 8.88. The number of fused-ring (bicyclic) bond motifs is 2. The number of alkyl halides is 3. The van der Waals surface area contributed by atoms with Crippen molar-refractivity contribution in [2.75, 3.05) is 0 Å². The number of rotatable bonds is 3. The van der Waals surface area contributed by atoms with Crippen LogP contribution in [0.2, 0.25) is 0 Å². The highest BCUT2D eigenvalue weighted by atomic mass is 19.4. The van der Waals surface area contributed by atoms with Crippen LogP contribution in [0.5, 0.6) is 5.75 Å². The average molecular weight is 488 g/mol. The Hall–Kier alpha value is -3.66. The minimum atomic E-state index is -4.82. The van der Waals surface area contributed by atoms with Crippen molar-refractivity contribution in [3.05, 3.63) is 81.5 Å². The van der Waals surface area contributed by atoms with E-state index in [-0.39, 0.29) is 11.3 Å². The zero-order valence-corrected chi connectivity index (χ0v) is 18.7. The van der Waals surface area contributed by atoms with Gasteiger partial charge >= 0.3 is 11.8 Å². The third-order valence-corrected chi connectivity index (χ3v) is 5.99. The molecule has 1 N–H and O–H groups in total. The number of hydrogen-bond acceptors (Lipinski definition) is 6. The normalized spacial score (nSPS) is 21.1. The smallest absolute Gasteiger partial charge is 0.419 e. The van der Waals surface area contributed by atoms with Crippen LogP contribution in [0.25, 0.3) is 16.7 Å². The summed E-state index contributed by atoms with van der Waals surface area (Å²) in [5.74, 6) is -0.767. The highest BCUT2D eigenvalue weighted by Crippen LogP contribution is 2.38. The van der Waals surface area contributed by atoms with E-state index in [1.165, 1.54) is 24.5 Å². The lowest BCUT2D eigenvalue weighted by Crippen LogP contribution is -2.51. The molecule has 0 radical (unpaired) electrons. The van der Waals surface area contributed by atoms with E-state index in [0.29, 0.717) is 17.8 Å². The zero-order valence-electron chi connectivity index (χ0n) is 18.7. The summed E-state index contributed by atoms with van der Waals surface area (Å²) >= 11 is 0. The van der Waals surface area contributed by atoms with E-state index in [0.717, 1.165) is 23.1 Å². The molecule has 1 unspecified atom stereocenters. The van der Waals surface area contributed by atoms with Gasteiger partial charge in [0.1, 0.15) is 28.9 Å². The summed E-state index contributed by atoms with van der Waals surface area (Å²) in [4.78, 5) is 15.6. The van der Waals surface area contributed by atoms with Crippen molar-refractivity contribution in [1.82, 2.24) is 5.32 Å². The molecule has 0 spiro atoms. The Balaban J connectivity index is 1.41. The summed E-state index contributed by atoms with van der Waals surface area (Å²) < 4.78 is 70.7. The lowest BCUT2D eigenvalue weighted by molar-refractivity contribution is -0.140. The molecule has 0 saturated heterocycles. The summed E-state index contributed by atoms with van der Waals surface area (Å²) in [5.41, 5.74) is -0.982. The Labute approximate surface area is 196 Å². The first kappa shape index (κ1) is 23.1. The van der Waals surface area contributed by atoms with Gasteiger partial charge in [-0.1, -0.05) is 0 Å². The molecule has 0 bridgehead atoms. The van der Waals surface area contributed by atoms with E-state index < -0.39 is 41.1 Å². The number of halogens is 4. The number of ether oxygens (including phenoxy) is 2. The Kier molecular flexibility index (Phi) is 5.43. The highest BCUT2D eigenvalue weighted by molar-refractivity contribution is 5.79. The minimum absolute atomic E-state index is 0.113. The van der Waals surface area contributed by atoms with Crippen LogP contribution in [0.15, 0.2) is 62.7 Å². The molecule has 0 aliphatic carbocycles. The molecule has 0 saturated carbocycles. The fourth-order valence-electron chi connectivity index (χ4n) is 4.15. The Morgan fingerprint density at radius 2 is 1.94 bits per heavy atom. The molecule has 0 amide bonds. The fourth-order valence-corrected chi connectivity index (χ4v) is 4.15. The van der Waals surface area contributed by atoms with Crippen molar-refractivity contribution in [1.29, 1.82) is 0 Å². The van der Waals surface area contributed by atoms with Gasteiger partial charge in [-0.25, -0.2) is 14.2 Å². The van der Waals surface area contributed by atoms with Crippen molar-refractivity contribution >= 4 is 23.0 Å². The van der Waals surface area contributed by atoms with Crippen molar-refractivity contribution in [3.63, 3.8) is 0 Å². The number of nitrogens with one attached hydrogen (secondary N) is 1. The van der Waals surface area contributed by atoms with E-state index in [9.17, 15) is 22.4 Å². The molecule has 35 heavy (non-hydrogen) atoms. The molecule has 1 aromatic heterocycles. The molecule has 3 aromatic rings. The number of nitrogens with zero attached hydrogens (tertiary/aromatic N) is 1. The van der Waals surface area contributed by atoms with Gasteiger partial charge in [-0.2, -0.15) is 13.2 Å². The molecule has 10 heteroatoms. The first-order valence-electron chi connectivity index (χ1n) is 10.8. The van der Waals surface area contributed by atoms with E-state index in [4.69, 9.17) is 13.9 Å². The molecule has 182 valence electrons. The van der Waals surface area contributed by atoms with E-state index in [1.807, 2.05) is 19.9 Å². The largest absolute Gasteiger partial charge is 0.485 e. The van der Waals surface area contributed by atoms with Crippen LogP contribution in [-0.2, 0) is 17.3 Å². The molecular weight excluding hydrogens is 468 g/mol. The lowest BCUT2D eigenvalue weighted by Gasteiger charge is -2.41. The zero-order chi connectivity index (χ0) is 25.0. The van der Waals surface area contributed by atoms with Crippen LogP contribution < -0.4 is 15.7 Å². The molecule has 3 heterocycles. The van der Waals surface area contributed by atoms with Crippen molar-refractivity contribution < 1.29 is 31.5 Å². The summed E-state index contributed by atoms with van der Waals surface area (Å²) in [6, 6.07) is 9.30. The summed E-state index contributed by atoms with van der Waals surface area (Å²) in [5, 5.41) is 3.67. The van der Waals surface area contributed by atoms with Gasteiger partial charge in [0.2, 0.25) is 0 Å². The van der Waals surface area contributed by atoms with Crippen LogP contribution in [0.3, 0.4) is 0 Å². The molecule has 2 aliphatic heterocycles. The maximum Gasteiger partial charge on any atom is 0.419 e. The first-order valence-corrected chi connectivity index (χ1v) is 10.8. The second kappa shape index (κ2) is 8.23. The predicted molar refractivity (Wildman–Crippen MR) is 121 cm³/mol. The Morgan fingerprint density at radius 3 is 2.71 bits per heavy atom. The predicted octanol–water partition coefficient (Wildman–Crippen LogP) is 5.05. The number of aliphatic imine (C=N–C) groups is 1. The molecule has 0 fully saturated rings. The maximum absolute atomic E-state index is 13.7. The van der Waals surface area contributed by atoms with E-state index in [2.05, 4.69) is 10.3 Å². The van der Waals surface area contributed by atoms with Crippen LogP contribution in [0.1, 0.15) is 30.5 Å². The lowest BCUT2D eigenvalue weighted by atomic mass is 9.90. The van der Waals surface area contributed by atoms with Crippen LogP contribution >= 0.6 is 0 Å². The monoisotopic (exact) mass is 488 g/mol. The standard InChI is InChI=1S/C25H20F4N2O4/c1-24(2)21(9-15-7-14-4-6-23(32)33-19(14)11-20(15)35-24)34-22-10-18(30-12-31-22)13-3-5-17(26)16(8-13)25(27,28)29/h3-8,10-12,21-22H,9H2,1-2H3,(H,30,31)/t21-,22?/m0/s1. The van der Waals surface area contributed by atoms with Crippen LogP contribution in [0.4, 0.5) is 17.6 Å². The topological polar surface area (TPSA) is 73.1 Å². The van der Waals surface area contributed by atoms with E-state index in [1.54, 1.807) is 12.1 Å². The molecular formula is C25H20F4N2O4. The molecule has 5 rings (SSSR count). The van der Waals surface area contributed by atoms with Crippen molar-refractivity contribution in [3.8, 4) is 5.75 Å². The van der Waals surface area contributed by atoms with Gasteiger partial charge in [-0.3, -0.25) is 0 Å². The Bertz CT molecular complexity index is 1430. The molecule has 6 nitrogen and oxygen atoms in total. The number of benzene rings is 2. The SMILES string of the molecule is CC1(C)Oc2cc3oc(=O)ccc3cc2C[C@@H]1OC1C=C(c2ccc(F)c(C(F)(F)F)c2)N=CN1. The minimum Gasteiger partial charge on any atom is -0.485 e. The van der Waals surface area contributed by atoms with Gasteiger partial charge in [0.15, 0.2) is 6.23 Å². The van der Waals surface area contributed by atoms with Crippen LogP contribution in [0, 0.1) is 5.82 Å². The van der Waals surface area contributed by atoms with Gasteiger partial charge in [-0.05, 0) is 55.8 Å². The Morgan fingerprint density at radius 1 is 1.14 bits per heavy atom. The third-order valence-electron chi connectivity index (χ3n) is 5.99. The second-order valence-corrected chi connectivity index (χ2v) is 8.88. The van der Waals surface area contributed by atoms with Gasteiger partial charge < -0.3 is 19.2 Å². The van der Waals surface area contributed by atoms with Gasteiger partial charge in [0.25, 0.3) is 0 Å². The molecule has 2 atom stereocenters. The van der Waals surface area contributed by atoms with Gasteiger partial charge in [0, 0.05) is 29.5 Å². The third kappa shape index (κ3) is 4.53. The van der Waals surface area contributed by atoms with Crippen LogP contribution in [-0.4, -0.2) is 24.3 Å². The average Bonchev–Trinajstić information content (AvgIpc) is 2.78. The highest BCUT2D eigenvalue weighted by Gasteiger charge is 2.40.